The van der Waals surface area contributed by atoms with Crippen LogP contribution in [0.25, 0.3) is 0 Å². The maximum absolute atomic E-state index is 12.4. The van der Waals surface area contributed by atoms with Crippen LogP contribution in [0.3, 0.4) is 0 Å². The van der Waals surface area contributed by atoms with Crippen molar-refractivity contribution in [2.24, 2.45) is 0 Å². The predicted molar refractivity (Wildman–Crippen MR) is 53.3 cm³/mol. The van der Waals surface area contributed by atoms with E-state index in [9.17, 15) is 22.0 Å². The zero-order chi connectivity index (χ0) is 12.5. The molecule has 2 nitrogen and oxygen atoms in total. The first-order valence-corrected chi connectivity index (χ1v) is 4.99. The van der Waals surface area contributed by atoms with Crippen LogP contribution in [0.15, 0.2) is 6.07 Å². The zero-order valence-corrected chi connectivity index (χ0v) is 9.94. The summed E-state index contributed by atoms with van der Waals surface area (Å²) >= 11 is 1.70. The molecule has 1 aromatic rings. The number of ether oxygens (including phenoxy) is 1. The van der Waals surface area contributed by atoms with Crippen LogP contribution in [-0.4, -0.2) is 11.3 Å². The highest BCUT2D eigenvalue weighted by Crippen LogP contribution is 2.33. The van der Waals surface area contributed by atoms with E-state index >= 15 is 0 Å². The summed E-state index contributed by atoms with van der Waals surface area (Å²) < 4.78 is 64.4. The quantitative estimate of drug-likeness (QED) is 0.596. The predicted octanol–water partition coefficient (Wildman–Crippen LogP) is 3.83. The molecule has 90 valence electrons. The topological polar surface area (TPSA) is 22.1 Å². The van der Waals surface area contributed by atoms with Crippen molar-refractivity contribution >= 4 is 22.6 Å². The normalized spacial score (nSPS) is 12.0. The molecular weight excluding hydrogens is 348 g/mol. The lowest BCUT2D eigenvalue weighted by Gasteiger charge is -2.13. The number of pyridine rings is 1. The van der Waals surface area contributed by atoms with Gasteiger partial charge in [-0.2, -0.15) is 0 Å². The Bertz CT molecular complexity index is 393. The van der Waals surface area contributed by atoms with Crippen molar-refractivity contribution in [1.82, 2.24) is 4.98 Å². The van der Waals surface area contributed by atoms with Gasteiger partial charge in [-0.05, 0) is 35.6 Å². The third-order valence-corrected chi connectivity index (χ3v) is 2.68. The van der Waals surface area contributed by atoms with Gasteiger partial charge in [0.05, 0.1) is 11.3 Å². The molecule has 0 fully saturated rings. The van der Waals surface area contributed by atoms with Gasteiger partial charge >= 0.3 is 6.36 Å². The van der Waals surface area contributed by atoms with Crippen molar-refractivity contribution in [2.45, 2.75) is 19.7 Å². The molecule has 0 bridgehead atoms. The molecule has 1 heterocycles. The van der Waals surface area contributed by atoms with Crippen molar-refractivity contribution < 1.29 is 26.7 Å². The number of nitrogens with zero attached hydrogens (tertiary/aromatic N) is 1. The second-order valence-corrected chi connectivity index (χ2v) is 3.96. The molecule has 0 N–H and O–H groups in total. The molecule has 16 heavy (non-hydrogen) atoms. The molecule has 0 aromatic carbocycles. The monoisotopic (exact) mass is 353 g/mol. The Hall–Kier alpha value is -0.670. The van der Waals surface area contributed by atoms with Gasteiger partial charge in [0.2, 0.25) is 5.88 Å². The molecule has 0 unspecified atom stereocenters. The van der Waals surface area contributed by atoms with Gasteiger partial charge in [-0.15, -0.1) is 13.2 Å². The first kappa shape index (κ1) is 13.4. The molecule has 1 aromatic heterocycles. The van der Waals surface area contributed by atoms with E-state index < -0.39 is 24.2 Å². The highest BCUT2D eigenvalue weighted by atomic mass is 127. The van der Waals surface area contributed by atoms with E-state index in [2.05, 4.69) is 9.72 Å². The SMILES string of the molecule is Cc1nc(OC(F)(F)F)c(C(F)F)cc1I. The summed E-state index contributed by atoms with van der Waals surface area (Å²) in [6.07, 6.45) is -8.10. The molecule has 0 radical (unpaired) electrons. The van der Waals surface area contributed by atoms with E-state index in [1.165, 1.54) is 6.92 Å². The molecule has 0 saturated carbocycles. The first-order chi connectivity index (χ1) is 7.20. The Labute approximate surface area is 101 Å². The minimum absolute atomic E-state index is 0.198. The number of aromatic nitrogens is 1. The Balaban J connectivity index is 3.20. The fourth-order valence-corrected chi connectivity index (χ4v) is 1.38. The minimum Gasteiger partial charge on any atom is -0.387 e. The lowest BCUT2D eigenvalue weighted by atomic mass is 10.2. The standard InChI is InChI=1S/C8H5F5INO/c1-3-5(14)2-4(6(9)10)7(15-3)16-8(11,12)13/h2,6H,1H3. The molecule has 0 atom stereocenters. The van der Waals surface area contributed by atoms with Gasteiger partial charge in [0.1, 0.15) is 0 Å². The van der Waals surface area contributed by atoms with Gasteiger partial charge < -0.3 is 4.74 Å². The van der Waals surface area contributed by atoms with Crippen molar-refractivity contribution in [2.75, 3.05) is 0 Å². The smallest absolute Gasteiger partial charge is 0.387 e. The van der Waals surface area contributed by atoms with Crippen LogP contribution >= 0.6 is 22.6 Å². The maximum Gasteiger partial charge on any atom is 0.574 e. The average molecular weight is 353 g/mol. The van der Waals surface area contributed by atoms with Crippen LogP contribution in [0.2, 0.25) is 0 Å². The van der Waals surface area contributed by atoms with Crippen molar-refractivity contribution in [3.05, 3.63) is 20.9 Å². The molecular formula is C8H5F5INO. The van der Waals surface area contributed by atoms with Crippen LogP contribution in [0.1, 0.15) is 17.7 Å². The summed E-state index contributed by atoms with van der Waals surface area (Å²) in [5.74, 6) is -1.10. The molecule has 8 heteroatoms. The molecule has 0 spiro atoms. The summed E-state index contributed by atoms with van der Waals surface area (Å²) in [6, 6.07) is 0.925. The van der Waals surface area contributed by atoms with E-state index in [-0.39, 0.29) is 5.69 Å². The van der Waals surface area contributed by atoms with Crippen LogP contribution in [-0.2, 0) is 0 Å². The van der Waals surface area contributed by atoms with Gasteiger partial charge in [0.15, 0.2) is 0 Å². The molecule has 0 saturated heterocycles. The van der Waals surface area contributed by atoms with Crippen molar-refractivity contribution in [3.63, 3.8) is 0 Å². The number of aryl methyl sites for hydroxylation is 1. The van der Waals surface area contributed by atoms with Crippen LogP contribution in [0, 0.1) is 10.5 Å². The second kappa shape index (κ2) is 4.68. The molecule has 0 amide bonds. The Morgan fingerprint density at radius 3 is 2.38 bits per heavy atom. The van der Waals surface area contributed by atoms with Gasteiger partial charge in [-0.3, -0.25) is 0 Å². The first-order valence-electron chi connectivity index (χ1n) is 3.91. The zero-order valence-electron chi connectivity index (χ0n) is 7.78. The van der Waals surface area contributed by atoms with Crippen molar-refractivity contribution in [3.8, 4) is 5.88 Å². The van der Waals surface area contributed by atoms with Gasteiger partial charge in [-0.25, -0.2) is 13.8 Å². The molecule has 0 aliphatic heterocycles. The summed E-state index contributed by atoms with van der Waals surface area (Å²) in [5.41, 5.74) is -0.670. The highest BCUT2D eigenvalue weighted by molar-refractivity contribution is 14.1. The van der Waals surface area contributed by atoms with Crippen LogP contribution in [0.5, 0.6) is 5.88 Å². The van der Waals surface area contributed by atoms with E-state index in [0.717, 1.165) is 6.07 Å². The van der Waals surface area contributed by atoms with Crippen molar-refractivity contribution in [1.29, 1.82) is 0 Å². The van der Waals surface area contributed by atoms with Crippen LogP contribution in [0.4, 0.5) is 22.0 Å². The van der Waals surface area contributed by atoms with E-state index in [0.29, 0.717) is 3.57 Å². The Morgan fingerprint density at radius 2 is 1.94 bits per heavy atom. The third kappa shape index (κ3) is 3.42. The lowest BCUT2D eigenvalue weighted by Crippen LogP contribution is -2.19. The van der Waals surface area contributed by atoms with Gasteiger partial charge in [0.25, 0.3) is 6.43 Å². The number of hydrogen-bond donors (Lipinski definition) is 0. The fourth-order valence-electron chi connectivity index (χ4n) is 0.921. The largest absolute Gasteiger partial charge is 0.574 e. The fraction of sp³-hybridized carbons (Fsp3) is 0.375. The third-order valence-electron chi connectivity index (χ3n) is 1.59. The summed E-state index contributed by atoms with van der Waals surface area (Å²) in [5, 5.41) is 0. The lowest BCUT2D eigenvalue weighted by molar-refractivity contribution is -0.276. The summed E-state index contributed by atoms with van der Waals surface area (Å²) in [6.45, 7) is 1.40. The number of alkyl halides is 5. The maximum atomic E-state index is 12.4. The number of halogens is 6. The number of rotatable bonds is 2. The van der Waals surface area contributed by atoms with Gasteiger partial charge in [0, 0.05) is 3.57 Å². The van der Waals surface area contributed by atoms with E-state index in [4.69, 9.17) is 0 Å². The number of hydrogen-bond acceptors (Lipinski definition) is 2. The Morgan fingerprint density at radius 1 is 1.38 bits per heavy atom. The second-order valence-electron chi connectivity index (χ2n) is 2.80. The minimum atomic E-state index is -5.03. The van der Waals surface area contributed by atoms with E-state index in [1.807, 2.05) is 0 Å². The van der Waals surface area contributed by atoms with E-state index in [1.54, 1.807) is 22.6 Å². The molecule has 1 rings (SSSR count). The molecule has 0 aliphatic carbocycles. The van der Waals surface area contributed by atoms with Gasteiger partial charge in [-0.1, -0.05) is 0 Å². The average Bonchev–Trinajstić information content (AvgIpc) is 2.07. The van der Waals surface area contributed by atoms with Crippen LogP contribution < -0.4 is 4.74 Å². The Kier molecular flexibility index (Phi) is 3.92. The highest BCUT2D eigenvalue weighted by Gasteiger charge is 2.34. The summed E-state index contributed by atoms with van der Waals surface area (Å²) in [7, 11) is 0. The summed E-state index contributed by atoms with van der Waals surface area (Å²) in [4.78, 5) is 3.35. The molecule has 0 aliphatic rings.